The Labute approximate surface area is 141 Å². The van der Waals surface area contributed by atoms with E-state index in [4.69, 9.17) is 4.74 Å². The Morgan fingerprint density at radius 3 is 2.33 bits per heavy atom. The van der Waals surface area contributed by atoms with Gasteiger partial charge in [-0.2, -0.15) is 0 Å². The van der Waals surface area contributed by atoms with Gasteiger partial charge in [-0.1, -0.05) is 42.5 Å². The van der Waals surface area contributed by atoms with Crippen LogP contribution in [-0.4, -0.2) is 25.6 Å². The van der Waals surface area contributed by atoms with Crippen molar-refractivity contribution in [2.24, 2.45) is 0 Å². The average molecular weight is 327 g/mol. The van der Waals surface area contributed by atoms with Crippen molar-refractivity contribution in [2.75, 3.05) is 13.7 Å². The third kappa shape index (κ3) is 5.43. The number of esters is 1. The molecule has 2 aromatic rings. The Bertz CT molecular complexity index is 668. The largest absolute Gasteiger partial charge is 0.484 e. The van der Waals surface area contributed by atoms with E-state index in [0.717, 1.165) is 11.1 Å². The molecule has 0 aliphatic rings. The van der Waals surface area contributed by atoms with Crippen LogP contribution in [0.4, 0.5) is 0 Å². The van der Waals surface area contributed by atoms with Gasteiger partial charge in [-0.05, 0) is 30.2 Å². The zero-order valence-corrected chi connectivity index (χ0v) is 13.8. The molecular formula is C19H21NO4. The highest BCUT2D eigenvalue weighted by molar-refractivity contribution is 5.78. The first-order chi connectivity index (χ1) is 11.6. The van der Waals surface area contributed by atoms with Crippen molar-refractivity contribution in [2.45, 2.75) is 19.4 Å². The number of hydrogen-bond acceptors (Lipinski definition) is 4. The number of carbonyl (C=O) groups excluding carboxylic acids is 2. The summed E-state index contributed by atoms with van der Waals surface area (Å²) in [6.07, 6.45) is 0.214. The fourth-order valence-corrected chi connectivity index (χ4v) is 2.20. The first-order valence-corrected chi connectivity index (χ1v) is 7.71. The van der Waals surface area contributed by atoms with Gasteiger partial charge < -0.3 is 14.8 Å². The molecule has 24 heavy (non-hydrogen) atoms. The van der Waals surface area contributed by atoms with Gasteiger partial charge in [-0.25, -0.2) is 0 Å². The van der Waals surface area contributed by atoms with E-state index in [0.29, 0.717) is 5.75 Å². The van der Waals surface area contributed by atoms with E-state index >= 15 is 0 Å². The van der Waals surface area contributed by atoms with E-state index in [-0.39, 0.29) is 30.9 Å². The minimum Gasteiger partial charge on any atom is -0.484 e. The maximum atomic E-state index is 12.0. The molecule has 0 radical (unpaired) electrons. The van der Waals surface area contributed by atoms with Gasteiger partial charge in [0.15, 0.2) is 6.61 Å². The van der Waals surface area contributed by atoms with Crippen LogP contribution in [0.5, 0.6) is 5.75 Å². The van der Waals surface area contributed by atoms with Crippen LogP contribution in [0, 0.1) is 0 Å². The molecule has 0 aliphatic heterocycles. The second kappa shape index (κ2) is 8.72. The van der Waals surface area contributed by atoms with Crippen LogP contribution < -0.4 is 10.1 Å². The van der Waals surface area contributed by atoms with E-state index in [1.54, 1.807) is 24.3 Å². The molecule has 126 valence electrons. The van der Waals surface area contributed by atoms with Crippen molar-refractivity contribution in [1.29, 1.82) is 0 Å². The van der Waals surface area contributed by atoms with E-state index in [2.05, 4.69) is 10.1 Å². The smallest absolute Gasteiger partial charge is 0.309 e. The molecular weight excluding hydrogens is 306 g/mol. The molecule has 0 fully saturated rings. The van der Waals surface area contributed by atoms with Crippen LogP contribution in [0.2, 0.25) is 0 Å². The van der Waals surface area contributed by atoms with Crippen molar-refractivity contribution in [3.63, 3.8) is 0 Å². The summed E-state index contributed by atoms with van der Waals surface area (Å²) in [6.45, 7) is 1.86. The summed E-state index contributed by atoms with van der Waals surface area (Å²) in [6, 6.07) is 16.7. The number of benzene rings is 2. The molecule has 0 aromatic heterocycles. The molecule has 1 atom stereocenters. The lowest BCUT2D eigenvalue weighted by molar-refractivity contribution is -0.139. The van der Waals surface area contributed by atoms with Gasteiger partial charge in [0.25, 0.3) is 5.91 Å². The molecule has 0 saturated carbocycles. The molecule has 5 heteroatoms. The van der Waals surface area contributed by atoms with Crippen molar-refractivity contribution < 1.29 is 19.1 Å². The molecule has 0 bridgehead atoms. The molecule has 1 amide bonds. The van der Waals surface area contributed by atoms with Gasteiger partial charge >= 0.3 is 5.97 Å². The molecule has 2 aromatic carbocycles. The third-order valence-electron chi connectivity index (χ3n) is 3.55. The molecule has 5 nitrogen and oxygen atoms in total. The zero-order valence-electron chi connectivity index (χ0n) is 13.8. The fraction of sp³-hybridized carbons (Fsp3) is 0.263. The van der Waals surface area contributed by atoms with E-state index in [1.807, 2.05) is 37.3 Å². The maximum absolute atomic E-state index is 12.0. The lowest BCUT2D eigenvalue weighted by atomic mass is 10.1. The van der Waals surface area contributed by atoms with Crippen LogP contribution in [0.15, 0.2) is 54.6 Å². The SMILES string of the molecule is COC(=O)Cc1ccc(OCC(=O)N[C@H](C)c2ccccc2)cc1. The predicted octanol–water partition coefficient (Wildman–Crippen LogP) is 2.66. The van der Waals surface area contributed by atoms with Crippen LogP contribution >= 0.6 is 0 Å². The number of nitrogens with one attached hydrogen (secondary N) is 1. The van der Waals surface area contributed by atoms with Crippen molar-refractivity contribution >= 4 is 11.9 Å². The monoisotopic (exact) mass is 327 g/mol. The first-order valence-electron chi connectivity index (χ1n) is 7.71. The van der Waals surface area contributed by atoms with Crippen LogP contribution in [0.25, 0.3) is 0 Å². The summed E-state index contributed by atoms with van der Waals surface area (Å²) in [7, 11) is 1.36. The van der Waals surface area contributed by atoms with Gasteiger partial charge in [0.1, 0.15) is 5.75 Å². The van der Waals surface area contributed by atoms with Crippen molar-refractivity contribution in [1.82, 2.24) is 5.32 Å². The average Bonchev–Trinajstić information content (AvgIpc) is 2.61. The lowest BCUT2D eigenvalue weighted by Gasteiger charge is -2.14. The number of ether oxygens (including phenoxy) is 2. The summed E-state index contributed by atoms with van der Waals surface area (Å²) in [5.74, 6) is 0.0917. The molecule has 2 rings (SSSR count). The quantitative estimate of drug-likeness (QED) is 0.794. The molecule has 1 N–H and O–H groups in total. The number of carbonyl (C=O) groups is 2. The summed E-state index contributed by atoms with van der Waals surface area (Å²) in [5.41, 5.74) is 1.87. The summed E-state index contributed by atoms with van der Waals surface area (Å²) in [4.78, 5) is 23.1. The second-order valence-corrected chi connectivity index (χ2v) is 5.39. The molecule has 0 unspecified atom stereocenters. The van der Waals surface area contributed by atoms with Crippen LogP contribution in [0.1, 0.15) is 24.1 Å². The van der Waals surface area contributed by atoms with E-state index < -0.39 is 0 Å². The van der Waals surface area contributed by atoms with Crippen LogP contribution in [-0.2, 0) is 20.7 Å². The van der Waals surface area contributed by atoms with E-state index in [1.165, 1.54) is 7.11 Å². The van der Waals surface area contributed by atoms with Gasteiger partial charge in [0.05, 0.1) is 19.6 Å². The minimum absolute atomic E-state index is 0.0620. The summed E-state index contributed by atoms with van der Waals surface area (Å²) in [5, 5.41) is 2.89. The number of amides is 1. The predicted molar refractivity (Wildman–Crippen MR) is 90.7 cm³/mol. The highest BCUT2D eigenvalue weighted by Gasteiger charge is 2.10. The van der Waals surface area contributed by atoms with E-state index in [9.17, 15) is 9.59 Å². The summed E-state index contributed by atoms with van der Waals surface area (Å²) < 4.78 is 10.1. The Kier molecular flexibility index (Phi) is 6.37. The standard InChI is InChI=1S/C19H21NO4/c1-14(16-6-4-3-5-7-16)20-18(21)13-24-17-10-8-15(9-11-17)12-19(22)23-2/h3-11,14H,12-13H2,1-2H3,(H,20,21)/t14-/m1/s1. The Balaban J connectivity index is 1.80. The Hall–Kier alpha value is -2.82. The van der Waals surface area contributed by atoms with Gasteiger partial charge in [0, 0.05) is 0 Å². The molecule has 0 spiro atoms. The second-order valence-electron chi connectivity index (χ2n) is 5.39. The number of rotatable bonds is 7. The zero-order chi connectivity index (χ0) is 17.4. The normalized spacial score (nSPS) is 11.4. The molecule has 0 saturated heterocycles. The van der Waals surface area contributed by atoms with Crippen molar-refractivity contribution in [3.8, 4) is 5.75 Å². The topological polar surface area (TPSA) is 64.6 Å². The molecule has 0 aliphatic carbocycles. The lowest BCUT2D eigenvalue weighted by Crippen LogP contribution is -2.31. The van der Waals surface area contributed by atoms with Gasteiger partial charge in [-0.3, -0.25) is 9.59 Å². The number of methoxy groups -OCH3 is 1. The first kappa shape index (κ1) is 17.5. The Morgan fingerprint density at radius 1 is 1.04 bits per heavy atom. The maximum Gasteiger partial charge on any atom is 0.309 e. The van der Waals surface area contributed by atoms with Crippen LogP contribution in [0.3, 0.4) is 0 Å². The highest BCUT2D eigenvalue weighted by atomic mass is 16.5. The fourth-order valence-electron chi connectivity index (χ4n) is 2.20. The third-order valence-corrected chi connectivity index (χ3v) is 3.55. The Morgan fingerprint density at radius 2 is 1.71 bits per heavy atom. The van der Waals surface area contributed by atoms with Gasteiger partial charge in [0.2, 0.25) is 0 Å². The van der Waals surface area contributed by atoms with Gasteiger partial charge in [-0.15, -0.1) is 0 Å². The number of hydrogen-bond donors (Lipinski definition) is 1. The molecule has 0 heterocycles. The minimum atomic E-state index is -0.294. The highest BCUT2D eigenvalue weighted by Crippen LogP contribution is 2.14. The van der Waals surface area contributed by atoms with Crippen molar-refractivity contribution in [3.05, 3.63) is 65.7 Å². The summed E-state index contributed by atoms with van der Waals surface area (Å²) >= 11 is 0.